The van der Waals surface area contributed by atoms with E-state index in [1.807, 2.05) is 11.0 Å². The summed E-state index contributed by atoms with van der Waals surface area (Å²) in [7, 11) is 4.18. The van der Waals surface area contributed by atoms with Gasteiger partial charge in [-0.1, -0.05) is 6.92 Å². The van der Waals surface area contributed by atoms with Gasteiger partial charge in [-0.2, -0.15) is 5.10 Å². The normalized spacial score (nSPS) is 25.4. The van der Waals surface area contributed by atoms with Gasteiger partial charge in [0.05, 0.1) is 5.54 Å². The summed E-state index contributed by atoms with van der Waals surface area (Å²) >= 11 is 0. The van der Waals surface area contributed by atoms with Crippen LogP contribution in [0.4, 0.5) is 0 Å². The third kappa shape index (κ3) is 3.16. The first-order valence-corrected chi connectivity index (χ1v) is 8.74. The molecule has 5 heteroatoms. The Morgan fingerprint density at radius 2 is 1.91 bits per heavy atom. The van der Waals surface area contributed by atoms with Gasteiger partial charge in [-0.05, 0) is 59.7 Å². The molecule has 23 heavy (non-hydrogen) atoms. The van der Waals surface area contributed by atoms with E-state index in [1.54, 1.807) is 0 Å². The van der Waals surface area contributed by atoms with Gasteiger partial charge in [-0.15, -0.1) is 0 Å². The maximum absolute atomic E-state index is 12.9. The van der Waals surface area contributed by atoms with Crippen LogP contribution in [0, 0.1) is 5.92 Å². The molecule has 2 heterocycles. The standard InChI is InChI=1S/C18H30N4O/c1-12-10-21(11-16(12)20(5)6)17(23)14-9-15(13-7-8-13)22(19-14)18(2,3)4/h9,12-13,16H,7-8,10-11H2,1-6H3/t12-,16+/m0/s1. The van der Waals surface area contributed by atoms with Crippen molar-refractivity contribution in [3.8, 4) is 0 Å². The minimum atomic E-state index is -0.0824. The van der Waals surface area contributed by atoms with Gasteiger partial charge in [0.25, 0.3) is 5.91 Å². The first-order valence-electron chi connectivity index (χ1n) is 8.74. The molecular weight excluding hydrogens is 288 g/mol. The van der Waals surface area contributed by atoms with Crippen LogP contribution in [0.15, 0.2) is 6.07 Å². The predicted octanol–water partition coefficient (Wildman–Crippen LogP) is 2.54. The molecule has 1 saturated carbocycles. The predicted molar refractivity (Wildman–Crippen MR) is 91.7 cm³/mol. The third-order valence-electron chi connectivity index (χ3n) is 5.11. The molecule has 1 aromatic rings. The number of carbonyl (C=O) groups is 1. The SMILES string of the molecule is C[C@H]1CN(C(=O)c2cc(C3CC3)n(C(C)(C)C)n2)C[C@H]1N(C)C. The lowest BCUT2D eigenvalue weighted by molar-refractivity contribution is 0.0774. The molecule has 1 aliphatic heterocycles. The topological polar surface area (TPSA) is 41.4 Å². The molecule has 0 radical (unpaired) electrons. The Morgan fingerprint density at radius 1 is 1.26 bits per heavy atom. The molecule has 1 saturated heterocycles. The highest BCUT2D eigenvalue weighted by atomic mass is 16.2. The van der Waals surface area contributed by atoms with E-state index in [2.05, 4.69) is 51.4 Å². The van der Waals surface area contributed by atoms with Crippen LogP contribution in [0.3, 0.4) is 0 Å². The van der Waals surface area contributed by atoms with Crippen molar-refractivity contribution in [1.29, 1.82) is 0 Å². The smallest absolute Gasteiger partial charge is 0.274 e. The molecule has 0 unspecified atom stereocenters. The van der Waals surface area contributed by atoms with Crippen LogP contribution in [0.2, 0.25) is 0 Å². The van der Waals surface area contributed by atoms with Crippen LogP contribution in [-0.2, 0) is 5.54 Å². The summed E-state index contributed by atoms with van der Waals surface area (Å²) in [5.74, 6) is 1.18. The Morgan fingerprint density at radius 3 is 2.39 bits per heavy atom. The number of aromatic nitrogens is 2. The van der Waals surface area contributed by atoms with Crippen LogP contribution in [0.25, 0.3) is 0 Å². The summed E-state index contributed by atoms with van der Waals surface area (Å²) in [6.45, 7) is 10.3. The van der Waals surface area contributed by atoms with E-state index in [4.69, 9.17) is 5.10 Å². The summed E-state index contributed by atoms with van der Waals surface area (Å²) in [5.41, 5.74) is 1.77. The molecule has 2 fully saturated rings. The second-order valence-corrected chi connectivity index (χ2v) is 8.53. The van der Waals surface area contributed by atoms with Crippen LogP contribution < -0.4 is 0 Å². The average Bonchev–Trinajstić information content (AvgIpc) is 3.05. The number of nitrogens with zero attached hydrogens (tertiary/aromatic N) is 4. The number of hydrogen-bond donors (Lipinski definition) is 0. The highest BCUT2D eigenvalue weighted by molar-refractivity contribution is 5.92. The second-order valence-electron chi connectivity index (χ2n) is 8.53. The number of amides is 1. The minimum absolute atomic E-state index is 0.0824. The summed E-state index contributed by atoms with van der Waals surface area (Å²) in [5, 5.41) is 4.69. The van der Waals surface area contributed by atoms with Gasteiger partial charge in [0, 0.05) is 30.7 Å². The highest BCUT2D eigenvalue weighted by Crippen LogP contribution is 2.42. The molecule has 2 aliphatic rings. The molecule has 2 atom stereocenters. The third-order valence-corrected chi connectivity index (χ3v) is 5.11. The molecule has 0 spiro atoms. The number of carbonyl (C=O) groups excluding carboxylic acids is 1. The quantitative estimate of drug-likeness (QED) is 0.860. The van der Waals surface area contributed by atoms with Crippen molar-refractivity contribution in [2.75, 3.05) is 27.2 Å². The Bertz CT molecular complexity index is 595. The van der Waals surface area contributed by atoms with Crippen LogP contribution in [0.5, 0.6) is 0 Å². The number of likely N-dealkylation sites (tertiary alicyclic amines) is 1. The molecule has 1 aromatic heterocycles. The van der Waals surface area contributed by atoms with Crippen molar-refractivity contribution in [2.24, 2.45) is 5.92 Å². The number of hydrogen-bond acceptors (Lipinski definition) is 3. The molecule has 5 nitrogen and oxygen atoms in total. The maximum Gasteiger partial charge on any atom is 0.274 e. The Balaban J connectivity index is 1.83. The van der Waals surface area contributed by atoms with Crippen molar-refractivity contribution < 1.29 is 4.79 Å². The maximum atomic E-state index is 12.9. The van der Waals surface area contributed by atoms with Crippen molar-refractivity contribution >= 4 is 5.91 Å². The van der Waals surface area contributed by atoms with Gasteiger partial charge in [-0.25, -0.2) is 0 Å². The van der Waals surface area contributed by atoms with Crippen LogP contribution in [-0.4, -0.2) is 58.7 Å². The Hall–Kier alpha value is -1.36. The summed E-state index contributed by atoms with van der Waals surface area (Å²) in [6.07, 6.45) is 2.44. The van der Waals surface area contributed by atoms with Crippen molar-refractivity contribution in [2.45, 2.75) is 58.0 Å². The van der Waals surface area contributed by atoms with E-state index < -0.39 is 0 Å². The molecule has 128 valence electrons. The van der Waals surface area contributed by atoms with Gasteiger partial charge in [-0.3, -0.25) is 9.48 Å². The lowest BCUT2D eigenvalue weighted by atomic mass is 10.1. The van der Waals surface area contributed by atoms with Crippen LogP contribution in [0.1, 0.15) is 62.6 Å². The van der Waals surface area contributed by atoms with E-state index in [0.717, 1.165) is 13.1 Å². The number of likely N-dealkylation sites (N-methyl/N-ethyl adjacent to an activating group) is 1. The zero-order valence-electron chi connectivity index (χ0n) is 15.3. The van der Waals surface area contributed by atoms with Crippen molar-refractivity contribution in [1.82, 2.24) is 19.6 Å². The van der Waals surface area contributed by atoms with E-state index in [9.17, 15) is 4.79 Å². The fourth-order valence-corrected chi connectivity index (χ4v) is 3.66. The summed E-state index contributed by atoms with van der Waals surface area (Å²) < 4.78 is 2.07. The largest absolute Gasteiger partial charge is 0.335 e. The van der Waals surface area contributed by atoms with Gasteiger partial charge in [0.1, 0.15) is 0 Å². The number of rotatable bonds is 3. The molecule has 0 bridgehead atoms. The monoisotopic (exact) mass is 318 g/mol. The van der Waals surface area contributed by atoms with E-state index in [1.165, 1.54) is 18.5 Å². The fraction of sp³-hybridized carbons (Fsp3) is 0.778. The van der Waals surface area contributed by atoms with Crippen molar-refractivity contribution in [3.05, 3.63) is 17.5 Å². The zero-order valence-corrected chi connectivity index (χ0v) is 15.3. The average molecular weight is 318 g/mol. The van der Waals surface area contributed by atoms with Crippen LogP contribution >= 0.6 is 0 Å². The molecule has 3 rings (SSSR count). The molecule has 1 aliphatic carbocycles. The van der Waals surface area contributed by atoms with Gasteiger partial charge < -0.3 is 9.80 Å². The Kier molecular flexibility index (Phi) is 4.03. The van der Waals surface area contributed by atoms with E-state index in [0.29, 0.717) is 23.6 Å². The molecule has 1 amide bonds. The Labute approximate surface area is 139 Å². The van der Waals surface area contributed by atoms with Gasteiger partial charge >= 0.3 is 0 Å². The zero-order chi connectivity index (χ0) is 16.9. The van der Waals surface area contributed by atoms with E-state index >= 15 is 0 Å². The first kappa shape index (κ1) is 16.5. The second kappa shape index (κ2) is 5.62. The highest BCUT2D eigenvalue weighted by Gasteiger charge is 2.37. The molecular formula is C18H30N4O. The lowest BCUT2D eigenvalue weighted by Crippen LogP contribution is -2.36. The van der Waals surface area contributed by atoms with Crippen molar-refractivity contribution in [3.63, 3.8) is 0 Å². The molecule has 0 aromatic carbocycles. The first-order chi connectivity index (χ1) is 10.7. The van der Waals surface area contributed by atoms with Gasteiger partial charge in [0.15, 0.2) is 5.69 Å². The molecule has 0 N–H and O–H groups in total. The van der Waals surface area contributed by atoms with Gasteiger partial charge in [0.2, 0.25) is 0 Å². The summed E-state index contributed by atoms with van der Waals surface area (Å²) in [4.78, 5) is 17.1. The minimum Gasteiger partial charge on any atom is -0.335 e. The lowest BCUT2D eigenvalue weighted by Gasteiger charge is -2.22. The van der Waals surface area contributed by atoms with E-state index in [-0.39, 0.29) is 11.4 Å². The fourth-order valence-electron chi connectivity index (χ4n) is 3.66. The summed E-state index contributed by atoms with van der Waals surface area (Å²) in [6, 6.07) is 2.48.